The molecule has 0 radical (unpaired) electrons. The molecule has 1 heterocycles. The molecule has 0 aromatic carbocycles. The van der Waals surface area contributed by atoms with E-state index in [-0.39, 0.29) is 11.4 Å². The summed E-state index contributed by atoms with van der Waals surface area (Å²) >= 11 is 0. The van der Waals surface area contributed by atoms with Crippen molar-refractivity contribution in [3.63, 3.8) is 0 Å². The maximum Gasteiger partial charge on any atom is 0.338 e. The Morgan fingerprint density at radius 2 is 1.95 bits per heavy atom. The summed E-state index contributed by atoms with van der Waals surface area (Å²) < 4.78 is 4.94. The third kappa shape index (κ3) is 5.24. The zero-order valence-electron chi connectivity index (χ0n) is 11.7. The van der Waals surface area contributed by atoms with Crippen molar-refractivity contribution in [3.05, 3.63) is 27.6 Å². The first-order valence-electron chi connectivity index (χ1n) is 6.94. The number of hydrogen-bond acceptors (Lipinski definition) is 4. The van der Waals surface area contributed by atoms with E-state index in [0.29, 0.717) is 5.69 Å². The Morgan fingerprint density at radius 1 is 1.26 bits per heavy atom. The fourth-order valence-electron chi connectivity index (χ4n) is 1.95. The van der Waals surface area contributed by atoms with Gasteiger partial charge in [0, 0.05) is 0 Å². The number of aryl methyl sites for hydroxylation is 1. The molecule has 0 spiro atoms. The van der Waals surface area contributed by atoms with Crippen LogP contribution in [-0.4, -0.2) is 10.1 Å². The van der Waals surface area contributed by atoms with Crippen LogP contribution < -0.4 is 0 Å². The van der Waals surface area contributed by atoms with Crippen molar-refractivity contribution in [2.24, 2.45) is 0 Å². The molecule has 0 saturated heterocycles. The van der Waals surface area contributed by atoms with Gasteiger partial charge in [0.25, 0.3) is 0 Å². The molecule has 0 aliphatic heterocycles. The van der Waals surface area contributed by atoms with Crippen molar-refractivity contribution in [2.75, 3.05) is 0 Å². The van der Waals surface area contributed by atoms with E-state index >= 15 is 0 Å². The normalized spacial score (nSPS) is 11.3. The number of nitro groups is 1. The molecule has 0 N–H and O–H groups in total. The number of hydrogen-bond donors (Lipinski definition) is 0. The summed E-state index contributed by atoms with van der Waals surface area (Å²) in [6.45, 7) is 3.78. The standard InChI is InChI=1S/C14H22N2O3/c1-3-4-5-6-7-8-9-10-11-13-14(16(17)18)12(2)15-19-13/h10-11H,3-9H2,1-2H3/b11-10+. The average molecular weight is 266 g/mol. The Hall–Kier alpha value is -1.65. The molecule has 106 valence electrons. The molecule has 1 rings (SSSR count). The second kappa shape index (κ2) is 8.45. The third-order valence-corrected chi connectivity index (χ3v) is 3.03. The van der Waals surface area contributed by atoms with Gasteiger partial charge in [-0.15, -0.1) is 0 Å². The van der Waals surface area contributed by atoms with E-state index < -0.39 is 4.92 Å². The predicted molar refractivity (Wildman–Crippen MR) is 74.9 cm³/mol. The molecular formula is C14H22N2O3. The van der Waals surface area contributed by atoms with Crippen LogP contribution in [0.3, 0.4) is 0 Å². The highest BCUT2D eigenvalue weighted by molar-refractivity contribution is 5.56. The van der Waals surface area contributed by atoms with Crippen LogP contribution >= 0.6 is 0 Å². The molecule has 0 aliphatic carbocycles. The van der Waals surface area contributed by atoms with Gasteiger partial charge >= 0.3 is 5.69 Å². The van der Waals surface area contributed by atoms with E-state index in [1.165, 1.54) is 32.1 Å². The number of nitrogens with zero attached hydrogens (tertiary/aromatic N) is 2. The van der Waals surface area contributed by atoms with Crippen LogP contribution in [0.5, 0.6) is 0 Å². The van der Waals surface area contributed by atoms with Crippen LogP contribution in [-0.2, 0) is 0 Å². The van der Waals surface area contributed by atoms with Gasteiger partial charge in [0.15, 0.2) is 5.69 Å². The van der Waals surface area contributed by atoms with Crippen LogP contribution in [0.25, 0.3) is 6.08 Å². The summed E-state index contributed by atoms with van der Waals surface area (Å²) in [6, 6.07) is 0. The molecule has 19 heavy (non-hydrogen) atoms. The van der Waals surface area contributed by atoms with Crippen LogP contribution in [0.15, 0.2) is 10.6 Å². The fourth-order valence-corrected chi connectivity index (χ4v) is 1.95. The molecule has 5 nitrogen and oxygen atoms in total. The van der Waals surface area contributed by atoms with Crippen molar-refractivity contribution < 1.29 is 9.45 Å². The molecule has 0 bridgehead atoms. The first-order valence-corrected chi connectivity index (χ1v) is 6.94. The van der Waals surface area contributed by atoms with Gasteiger partial charge in [-0.05, 0) is 25.8 Å². The van der Waals surface area contributed by atoms with Gasteiger partial charge < -0.3 is 4.52 Å². The van der Waals surface area contributed by atoms with Crippen molar-refractivity contribution in [2.45, 2.75) is 58.8 Å². The minimum Gasteiger partial charge on any atom is -0.349 e. The zero-order chi connectivity index (χ0) is 14.1. The minimum atomic E-state index is -0.448. The molecule has 5 heteroatoms. The number of allylic oxidation sites excluding steroid dienone is 1. The predicted octanol–water partition coefficient (Wildman–Crippen LogP) is 4.66. The molecule has 1 aromatic heterocycles. The summed E-state index contributed by atoms with van der Waals surface area (Å²) in [7, 11) is 0. The van der Waals surface area contributed by atoms with Crippen LogP contribution in [0, 0.1) is 17.0 Å². The zero-order valence-corrected chi connectivity index (χ0v) is 11.7. The Kier molecular flexibility index (Phi) is 6.85. The number of rotatable bonds is 9. The Morgan fingerprint density at radius 3 is 2.63 bits per heavy atom. The molecule has 0 aliphatic rings. The number of unbranched alkanes of at least 4 members (excludes halogenated alkanes) is 6. The van der Waals surface area contributed by atoms with E-state index in [1.807, 2.05) is 6.08 Å². The van der Waals surface area contributed by atoms with Crippen molar-refractivity contribution in [1.29, 1.82) is 0 Å². The van der Waals surface area contributed by atoms with E-state index in [0.717, 1.165) is 12.8 Å². The van der Waals surface area contributed by atoms with Crippen LogP contribution in [0.1, 0.15) is 63.3 Å². The lowest BCUT2D eigenvalue weighted by molar-refractivity contribution is -0.386. The van der Waals surface area contributed by atoms with Gasteiger partial charge in [0.2, 0.25) is 5.76 Å². The van der Waals surface area contributed by atoms with Gasteiger partial charge in [-0.2, -0.15) is 0 Å². The van der Waals surface area contributed by atoms with Crippen LogP contribution in [0.4, 0.5) is 5.69 Å². The van der Waals surface area contributed by atoms with E-state index in [9.17, 15) is 10.1 Å². The Balaban J connectivity index is 2.31. The smallest absolute Gasteiger partial charge is 0.338 e. The topological polar surface area (TPSA) is 69.2 Å². The average Bonchev–Trinajstić information content (AvgIpc) is 2.74. The first-order chi connectivity index (χ1) is 9.16. The lowest BCUT2D eigenvalue weighted by Gasteiger charge is -1.97. The molecule has 1 aromatic rings. The number of aromatic nitrogens is 1. The van der Waals surface area contributed by atoms with Gasteiger partial charge in [-0.1, -0.05) is 50.3 Å². The highest BCUT2D eigenvalue weighted by Crippen LogP contribution is 2.23. The fraction of sp³-hybridized carbons (Fsp3) is 0.643. The van der Waals surface area contributed by atoms with Gasteiger partial charge in [-0.3, -0.25) is 10.1 Å². The first kappa shape index (κ1) is 15.4. The minimum absolute atomic E-state index is 0.0285. The summed E-state index contributed by atoms with van der Waals surface area (Å²) in [6.07, 6.45) is 12.0. The second-order valence-corrected chi connectivity index (χ2v) is 4.70. The highest BCUT2D eigenvalue weighted by atomic mass is 16.6. The van der Waals surface area contributed by atoms with Gasteiger partial charge in [-0.25, -0.2) is 0 Å². The van der Waals surface area contributed by atoms with Crippen molar-refractivity contribution in [1.82, 2.24) is 5.16 Å². The molecular weight excluding hydrogens is 244 g/mol. The lowest BCUT2D eigenvalue weighted by atomic mass is 10.1. The molecule has 0 atom stereocenters. The maximum atomic E-state index is 10.8. The largest absolute Gasteiger partial charge is 0.349 e. The Bertz CT molecular complexity index is 424. The van der Waals surface area contributed by atoms with E-state index in [2.05, 4.69) is 12.1 Å². The van der Waals surface area contributed by atoms with E-state index in [4.69, 9.17) is 4.52 Å². The molecule has 0 amide bonds. The summed E-state index contributed by atoms with van der Waals surface area (Å²) in [4.78, 5) is 10.4. The third-order valence-electron chi connectivity index (χ3n) is 3.03. The SMILES string of the molecule is CCCCCCCC/C=C/c1onc(C)c1[N+](=O)[O-]. The maximum absolute atomic E-state index is 10.8. The second-order valence-electron chi connectivity index (χ2n) is 4.70. The molecule has 0 fully saturated rings. The van der Waals surface area contributed by atoms with Crippen molar-refractivity contribution >= 4 is 11.8 Å². The molecule has 0 saturated carbocycles. The summed E-state index contributed by atoms with van der Waals surface area (Å²) in [5.41, 5.74) is 0.295. The van der Waals surface area contributed by atoms with Crippen LogP contribution in [0.2, 0.25) is 0 Å². The summed E-state index contributed by atoms with van der Waals surface area (Å²) in [5, 5.41) is 14.4. The van der Waals surface area contributed by atoms with E-state index in [1.54, 1.807) is 13.0 Å². The van der Waals surface area contributed by atoms with Crippen molar-refractivity contribution in [3.8, 4) is 0 Å². The Labute approximate surface area is 113 Å². The van der Waals surface area contributed by atoms with Gasteiger partial charge in [0.1, 0.15) is 0 Å². The molecule has 0 unspecified atom stereocenters. The monoisotopic (exact) mass is 266 g/mol. The van der Waals surface area contributed by atoms with Gasteiger partial charge in [0.05, 0.1) is 4.92 Å². The quantitative estimate of drug-likeness (QED) is 0.370. The summed E-state index contributed by atoms with van der Waals surface area (Å²) in [5.74, 6) is 0.244. The lowest BCUT2D eigenvalue weighted by Crippen LogP contribution is -1.90. The highest BCUT2D eigenvalue weighted by Gasteiger charge is 2.21.